The Labute approximate surface area is 115 Å². The average molecular weight is 316 g/mol. The van der Waals surface area contributed by atoms with Crippen molar-refractivity contribution in [1.82, 2.24) is 0 Å². The predicted molar refractivity (Wildman–Crippen MR) is 74.8 cm³/mol. The Morgan fingerprint density at radius 2 is 2.28 bits per heavy atom. The fraction of sp³-hybridized carbons (Fsp3) is 0.462. The number of ether oxygens (including phenoxy) is 1. The Hall–Kier alpha value is -1.07. The summed E-state index contributed by atoms with van der Waals surface area (Å²) in [6.07, 6.45) is 1.41. The molecule has 0 spiro atoms. The number of benzene rings is 1. The Morgan fingerprint density at radius 3 is 2.83 bits per heavy atom. The smallest absolute Gasteiger partial charge is 0.326 e. The monoisotopic (exact) mass is 315 g/mol. The SMILES string of the molecule is CCCC(Nc1cccc(Br)c1COC)C(=O)O. The van der Waals surface area contributed by atoms with Gasteiger partial charge >= 0.3 is 5.97 Å². The van der Waals surface area contributed by atoms with E-state index in [-0.39, 0.29) is 0 Å². The molecule has 0 saturated heterocycles. The molecular formula is C13H18BrNO3. The zero-order valence-electron chi connectivity index (χ0n) is 10.6. The number of aliphatic carboxylic acids is 1. The first kappa shape index (κ1) is 15.0. The van der Waals surface area contributed by atoms with Crippen LogP contribution in [0.3, 0.4) is 0 Å². The van der Waals surface area contributed by atoms with Gasteiger partial charge in [-0.25, -0.2) is 4.79 Å². The molecule has 1 rings (SSSR count). The van der Waals surface area contributed by atoms with E-state index in [4.69, 9.17) is 9.84 Å². The predicted octanol–water partition coefficient (Wildman–Crippen LogP) is 3.26. The Kier molecular flexibility index (Phi) is 6.15. The van der Waals surface area contributed by atoms with E-state index >= 15 is 0 Å². The first-order valence-electron chi connectivity index (χ1n) is 5.85. The van der Waals surface area contributed by atoms with Crippen LogP contribution in [0.5, 0.6) is 0 Å². The van der Waals surface area contributed by atoms with Crippen molar-refractivity contribution < 1.29 is 14.6 Å². The molecule has 1 aromatic carbocycles. The summed E-state index contributed by atoms with van der Waals surface area (Å²) in [5.74, 6) is -0.833. The maximum atomic E-state index is 11.1. The third kappa shape index (κ3) is 3.99. The van der Waals surface area contributed by atoms with Crippen molar-refractivity contribution in [1.29, 1.82) is 0 Å². The molecule has 4 nitrogen and oxygen atoms in total. The number of hydrogen-bond acceptors (Lipinski definition) is 3. The van der Waals surface area contributed by atoms with Gasteiger partial charge in [-0.3, -0.25) is 0 Å². The van der Waals surface area contributed by atoms with E-state index in [0.29, 0.717) is 13.0 Å². The van der Waals surface area contributed by atoms with E-state index in [1.165, 1.54) is 0 Å². The minimum Gasteiger partial charge on any atom is -0.480 e. The van der Waals surface area contributed by atoms with Gasteiger partial charge in [-0.2, -0.15) is 0 Å². The van der Waals surface area contributed by atoms with Crippen LogP contribution < -0.4 is 5.32 Å². The maximum absolute atomic E-state index is 11.1. The standard InChI is InChI=1S/C13H18BrNO3/c1-3-5-12(13(16)17)15-11-7-4-6-10(14)9(11)8-18-2/h4,6-7,12,15H,3,5,8H2,1-2H3,(H,16,17). The molecule has 0 fully saturated rings. The second-order valence-electron chi connectivity index (χ2n) is 4.02. The molecule has 0 aliphatic carbocycles. The fourth-order valence-electron chi connectivity index (χ4n) is 1.72. The van der Waals surface area contributed by atoms with Gasteiger partial charge in [0.25, 0.3) is 0 Å². The Bertz CT molecular complexity index is 409. The lowest BCUT2D eigenvalue weighted by atomic mass is 10.1. The number of carbonyl (C=O) groups is 1. The topological polar surface area (TPSA) is 58.6 Å². The highest BCUT2D eigenvalue weighted by molar-refractivity contribution is 9.10. The number of carboxylic acid groups (broad SMARTS) is 1. The van der Waals surface area contributed by atoms with Gasteiger partial charge in [0.05, 0.1) is 6.61 Å². The summed E-state index contributed by atoms with van der Waals surface area (Å²) < 4.78 is 6.05. The van der Waals surface area contributed by atoms with Crippen molar-refractivity contribution in [2.75, 3.05) is 12.4 Å². The van der Waals surface area contributed by atoms with Gasteiger partial charge in [-0.05, 0) is 18.6 Å². The molecule has 5 heteroatoms. The van der Waals surface area contributed by atoms with E-state index in [2.05, 4.69) is 21.2 Å². The van der Waals surface area contributed by atoms with Gasteiger partial charge < -0.3 is 15.2 Å². The zero-order chi connectivity index (χ0) is 13.5. The van der Waals surface area contributed by atoms with Gasteiger partial charge in [-0.1, -0.05) is 35.3 Å². The van der Waals surface area contributed by atoms with Crippen LogP contribution in [-0.2, 0) is 16.1 Å². The number of nitrogens with one attached hydrogen (secondary N) is 1. The first-order chi connectivity index (χ1) is 8.60. The normalized spacial score (nSPS) is 12.2. The number of methoxy groups -OCH3 is 1. The van der Waals surface area contributed by atoms with Gasteiger partial charge in [-0.15, -0.1) is 0 Å². The molecule has 0 aliphatic rings. The lowest BCUT2D eigenvalue weighted by Crippen LogP contribution is -2.29. The summed E-state index contributed by atoms with van der Waals surface area (Å²) in [7, 11) is 1.62. The van der Waals surface area contributed by atoms with E-state index in [1.807, 2.05) is 25.1 Å². The summed E-state index contributed by atoms with van der Waals surface area (Å²) in [5.41, 5.74) is 1.73. The molecule has 0 bridgehead atoms. The molecule has 1 atom stereocenters. The number of rotatable bonds is 7. The quantitative estimate of drug-likeness (QED) is 0.811. The lowest BCUT2D eigenvalue weighted by Gasteiger charge is -2.18. The van der Waals surface area contributed by atoms with Crippen LogP contribution in [-0.4, -0.2) is 24.2 Å². The van der Waals surface area contributed by atoms with Crippen LogP contribution >= 0.6 is 15.9 Å². The van der Waals surface area contributed by atoms with E-state index in [9.17, 15) is 4.79 Å². The summed E-state index contributed by atoms with van der Waals surface area (Å²) in [6, 6.07) is 5.08. The van der Waals surface area contributed by atoms with E-state index in [0.717, 1.165) is 22.1 Å². The number of halogens is 1. The van der Waals surface area contributed by atoms with Crippen molar-refractivity contribution in [2.45, 2.75) is 32.4 Å². The van der Waals surface area contributed by atoms with Crippen LogP contribution in [0, 0.1) is 0 Å². The molecule has 0 amide bonds. The highest BCUT2D eigenvalue weighted by atomic mass is 79.9. The fourth-order valence-corrected chi connectivity index (χ4v) is 2.20. The second kappa shape index (κ2) is 7.38. The van der Waals surface area contributed by atoms with Crippen molar-refractivity contribution in [2.24, 2.45) is 0 Å². The van der Waals surface area contributed by atoms with Gasteiger partial charge in [0.2, 0.25) is 0 Å². The van der Waals surface area contributed by atoms with Crippen molar-refractivity contribution in [3.63, 3.8) is 0 Å². The molecule has 0 aliphatic heterocycles. The van der Waals surface area contributed by atoms with Crippen molar-refractivity contribution in [3.8, 4) is 0 Å². The van der Waals surface area contributed by atoms with Crippen molar-refractivity contribution >= 4 is 27.6 Å². The molecular weight excluding hydrogens is 298 g/mol. The summed E-state index contributed by atoms with van der Waals surface area (Å²) >= 11 is 3.45. The molecule has 2 N–H and O–H groups in total. The maximum Gasteiger partial charge on any atom is 0.326 e. The minimum atomic E-state index is -0.833. The minimum absolute atomic E-state index is 0.433. The van der Waals surface area contributed by atoms with Crippen LogP contribution in [0.2, 0.25) is 0 Å². The molecule has 100 valence electrons. The van der Waals surface area contributed by atoms with Crippen LogP contribution in [0.4, 0.5) is 5.69 Å². The largest absolute Gasteiger partial charge is 0.480 e. The Balaban J connectivity index is 2.94. The third-order valence-corrected chi connectivity index (χ3v) is 3.36. The first-order valence-corrected chi connectivity index (χ1v) is 6.65. The zero-order valence-corrected chi connectivity index (χ0v) is 12.2. The molecule has 1 unspecified atom stereocenters. The highest BCUT2D eigenvalue weighted by Gasteiger charge is 2.17. The average Bonchev–Trinajstić information content (AvgIpc) is 2.32. The molecule has 1 aromatic rings. The van der Waals surface area contributed by atoms with Gasteiger partial charge in [0.1, 0.15) is 6.04 Å². The van der Waals surface area contributed by atoms with Crippen molar-refractivity contribution in [3.05, 3.63) is 28.2 Å². The second-order valence-corrected chi connectivity index (χ2v) is 4.88. The molecule has 0 aromatic heterocycles. The lowest BCUT2D eigenvalue weighted by molar-refractivity contribution is -0.138. The number of anilines is 1. The number of carboxylic acids is 1. The molecule has 0 radical (unpaired) electrons. The molecule has 0 saturated carbocycles. The van der Waals surface area contributed by atoms with Crippen LogP contribution in [0.25, 0.3) is 0 Å². The Morgan fingerprint density at radius 1 is 1.56 bits per heavy atom. The van der Waals surface area contributed by atoms with E-state index in [1.54, 1.807) is 7.11 Å². The third-order valence-electron chi connectivity index (χ3n) is 2.61. The van der Waals surface area contributed by atoms with Crippen LogP contribution in [0.1, 0.15) is 25.3 Å². The number of hydrogen-bond donors (Lipinski definition) is 2. The van der Waals surface area contributed by atoms with Crippen LogP contribution in [0.15, 0.2) is 22.7 Å². The summed E-state index contributed by atoms with van der Waals surface area (Å²) in [6.45, 7) is 2.40. The summed E-state index contributed by atoms with van der Waals surface area (Å²) in [5, 5.41) is 12.2. The van der Waals surface area contributed by atoms with Gasteiger partial charge in [0, 0.05) is 22.8 Å². The van der Waals surface area contributed by atoms with E-state index < -0.39 is 12.0 Å². The van der Waals surface area contributed by atoms with Gasteiger partial charge in [0.15, 0.2) is 0 Å². The highest BCUT2D eigenvalue weighted by Crippen LogP contribution is 2.26. The molecule has 18 heavy (non-hydrogen) atoms. The summed E-state index contributed by atoms with van der Waals surface area (Å²) in [4.78, 5) is 11.1. The molecule has 0 heterocycles.